The minimum Gasteiger partial charge on any atom is -0.364 e. The number of hydrogen-bond acceptors (Lipinski definition) is 4. The van der Waals surface area contributed by atoms with Gasteiger partial charge in [0.25, 0.3) is 0 Å². The van der Waals surface area contributed by atoms with Crippen LogP contribution in [0.3, 0.4) is 0 Å². The number of aromatic nitrogens is 3. The fourth-order valence-electron chi connectivity index (χ4n) is 1.57. The van der Waals surface area contributed by atoms with Gasteiger partial charge in [-0.2, -0.15) is 0 Å². The molecule has 0 aliphatic heterocycles. The zero-order chi connectivity index (χ0) is 13.7. The van der Waals surface area contributed by atoms with E-state index in [9.17, 15) is 0 Å². The molecule has 1 N–H and O–H groups in total. The Kier molecular flexibility index (Phi) is 4.26. The molecule has 5 heteroatoms. The average molecular weight is 273 g/mol. The first-order chi connectivity index (χ1) is 9.22. The van der Waals surface area contributed by atoms with Crippen LogP contribution < -0.4 is 5.32 Å². The molecule has 0 unspecified atom stereocenters. The van der Waals surface area contributed by atoms with Crippen LogP contribution in [0.4, 0.5) is 5.82 Å². The van der Waals surface area contributed by atoms with Gasteiger partial charge in [-0.3, -0.25) is 4.98 Å². The lowest BCUT2D eigenvalue weighted by Crippen LogP contribution is -2.04. The maximum atomic E-state index is 5.78. The van der Waals surface area contributed by atoms with Gasteiger partial charge < -0.3 is 5.32 Å². The summed E-state index contributed by atoms with van der Waals surface area (Å²) < 4.78 is 0. The second kappa shape index (κ2) is 6.11. The number of rotatable bonds is 5. The van der Waals surface area contributed by atoms with Crippen molar-refractivity contribution in [3.8, 4) is 0 Å². The number of nitrogens with one attached hydrogen (secondary N) is 1. The number of pyridine rings is 1. The van der Waals surface area contributed by atoms with E-state index in [0.717, 1.165) is 17.0 Å². The Morgan fingerprint density at radius 1 is 1.21 bits per heavy atom. The summed E-state index contributed by atoms with van der Waals surface area (Å²) in [5.74, 6) is 0.662. The zero-order valence-corrected chi connectivity index (χ0v) is 11.1. The summed E-state index contributed by atoms with van der Waals surface area (Å²) in [7, 11) is 0. The van der Waals surface area contributed by atoms with Crippen molar-refractivity contribution >= 4 is 29.6 Å². The van der Waals surface area contributed by atoms with Crippen molar-refractivity contribution in [2.45, 2.75) is 6.54 Å². The summed E-state index contributed by atoms with van der Waals surface area (Å²) >= 11 is 5.78. The molecule has 0 saturated heterocycles. The SMILES string of the molecule is C=Cc1ccc(CNc2cc(Cl)ncn2)nc1C=C. The van der Waals surface area contributed by atoms with Crippen LogP contribution in [0.5, 0.6) is 0 Å². The lowest BCUT2D eigenvalue weighted by atomic mass is 10.1. The number of halogens is 1. The van der Waals surface area contributed by atoms with E-state index in [1.165, 1.54) is 6.33 Å². The minimum absolute atomic E-state index is 0.402. The van der Waals surface area contributed by atoms with Crippen LogP contribution in [0.1, 0.15) is 17.0 Å². The minimum atomic E-state index is 0.402. The first kappa shape index (κ1) is 13.2. The molecule has 0 radical (unpaired) electrons. The predicted octanol–water partition coefficient (Wildman–Crippen LogP) is 3.42. The average Bonchev–Trinajstić information content (AvgIpc) is 2.45. The van der Waals surface area contributed by atoms with Gasteiger partial charge >= 0.3 is 0 Å². The molecule has 0 spiro atoms. The third-order valence-corrected chi connectivity index (χ3v) is 2.72. The smallest absolute Gasteiger partial charge is 0.134 e. The maximum Gasteiger partial charge on any atom is 0.134 e. The Morgan fingerprint density at radius 3 is 2.74 bits per heavy atom. The zero-order valence-electron chi connectivity index (χ0n) is 10.3. The Bertz CT molecular complexity index is 610. The molecule has 0 atom stereocenters. The Labute approximate surface area is 116 Å². The Morgan fingerprint density at radius 2 is 2.05 bits per heavy atom. The van der Waals surface area contributed by atoms with Crippen molar-refractivity contribution in [1.29, 1.82) is 0 Å². The highest BCUT2D eigenvalue weighted by Gasteiger charge is 2.01. The molecular weight excluding hydrogens is 260 g/mol. The first-order valence-corrected chi connectivity index (χ1v) is 6.07. The van der Waals surface area contributed by atoms with E-state index in [0.29, 0.717) is 17.5 Å². The van der Waals surface area contributed by atoms with Gasteiger partial charge in [-0.15, -0.1) is 0 Å². The maximum absolute atomic E-state index is 5.78. The predicted molar refractivity (Wildman–Crippen MR) is 78.8 cm³/mol. The number of hydrogen-bond donors (Lipinski definition) is 1. The van der Waals surface area contributed by atoms with Crippen LogP contribution in [-0.2, 0) is 6.54 Å². The lowest BCUT2D eigenvalue weighted by molar-refractivity contribution is 1.01. The number of nitrogens with zero attached hydrogens (tertiary/aromatic N) is 3. The molecule has 96 valence electrons. The van der Waals surface area contributed by atoms with Gasteiger partial charge in [0.2, 0.25) is 0 Å². The van der Waals surface area contributed by atoms with Crippen molar-refractivity contribution in [2.75, 3.05) is 5.32 Å². The highest BCUT2D eigenvalue weighted by molar-refractivity contribution is 6.29. The van der Waals surface area contributed by atoms with E-state index >= 15 is 0 Å². The Hall–Kier alpha value is -2.20. The van der Waals surface area contributed by atoms with Crippen LogP contribution in [-0.4, -0.2) is 15.0 Å². The summed E-state index contributed by atoms with van der Waals surface area (Å²) in [6.45, 7) is 8.03. The van der Waals surface area contributed by atoms with Crippen LogP contribution in [0.2, 0.25) is 5.15 Å². The summed E-state index contributed by atoms with van der Waals surface area (Å²) in [5.41, 5.74) is 2.66. The normalized spacial score (nSPS) is 9.95. The summed E-state index contributed by atoms with van der Waals surface area (Å²) in [6.07, 6.45) is 4.88. The molecule has 2 aromatic heterocycles. The molecule has 0 aromatic carbocycles. The van der Waals surface area contributed by atoms with E-state index in [1.807, 2.05) is 12.1 Å². The van der Waals surface area contributed by atoms with Gasteiger partial charge in [0.05, 0.1) is 17.9 Å². The van der Waals surface area contributed by atoms with Crippen molar-refractivity contribution in [1.82, 2.24) is 15.0 Å². The van der Waals surface area contributed by atoms with Crippen LogP contribution >= 0.6 is 11.6 Å². The topological polar surface area (TPSA) is 50.7 Å². The molecule has 4 nitrogen and oxygen atoms in total. The summed E-state index contributed by atoms with van der Waals surface area (Å²) in [6, 6.07) is 5.55. The fraction of sp³-hybridized carbons (Fsp3) is 0.0714. The standard InChI is InChI=1S/C14H13ClN4/c1-3-10-5-6-11(19-12(10)4-2)8-16-14-7-13(15)17-9-18-14/h3-7,9H,1-2,8H2,(H,16,17,18). The third-order valence-electron chi connectivity index (χ3n) is 2.51. The van der Waals surface area contributed by atoms with Gasteiger partial charge in [0, 0.05) is 6.07 Å². The molecule has 19 heavy (non-hydrogen) atoms. The fourth-order valence-corrected chi connectivity index (χ4v) is 1.72. The quantitative estimate of drug-likeness (QED) is 0.848. The van der Waals surface area contributed by atoms with Crippen molar-refractivity contribution in [2.24, 2.45) is 0 Å². The van der Waals surface area contributed by atoms with Crippen LogP contribution in [0.25, 0.3) is 12.2 Å². The van der Waals surface area contributed by atoms with E-state index in [-0.39, 0.29) is 0 Å². The monoisotopic (exact) mass is 272 g/mol. The van der Waals surface area contributed by atoms with E-state index in [1.54, 1.807) is 18.2 Å². The molecule has 0 bridgehead atoms. The van der Waals surface area contributed by atoms with Gasteiger partial charge in [0.15, 0.2) is 0 Å². The van der Waals surface area contributed by atoms with E-state index in [4.69, 9.17) is 11.6 Å². The summed E-state index contributed by atoms with van der Waals surface area (Å²) in [4.78, 5) is 12.4. The van der Waals surface area contributed by atoms with Gasteiger partial charge in [0.1, 0.15) is 17.3 Å². The highest BCUT2D eigenvalue weighted by atomic mass is 35.5. The molecule has 0 aliphatic carbocycles. The van der Waals surface area contributed by atoms with Gasteiger partial charge in [-0.25, -0.2) is 9.97 Å². The van der Waals surface area contributed by atoms with Crippen LogP contribution in [0, 0.1) is 0 Å². The summed E-state index contributed by atoms with van der Waals surface area (Å²) in [5, 5.41) is 3.53. The third kappa shape index (κ3) is 3.39. The molecule has 0 saturated carbocycles. The highest BCUT2D eigenvalue weighted by Crippen LogP contribution is 2.13. The lowest BCUT2D eigenvalue weighted by Gasteiger charge is -2.07. The van der Waals surface area contributed by atoms with Crippen molar-refractivity contribution in [3.63, 3.8) is 0 Å². The largest absolute Gasteiger partial charge is 0.364 e. The van der Waals surface area contributed by atoms with Gasteiger partial charge in [-0.05, 0) is 17.7 Å². The Balaban J connectivity index is 2.11. The second-order valence-corrected chi connectivity index (χ2v) is 4.15. The molecule has 0 aliphatic rings. The molecule has 2 heterocycles. The second-order valence-electron chi connectivity index (χ2n) is 3.76. The molecular formula is C14H13ClN4. The first-order valence-electron chi connectivity index (χ1n) is 5.69. The molecule has 0 fully saturated rings. The van der Waals surface area contributed by atoms with Crippen LogP contribution in [0.15, 0.2) is 37.7 Å². The molecule has 2 aromatic rings. The van der Waals surface area contributed by atoms with E-state index < -0.39 is 0 Å². The van der Waals surface area contributed by atoms with E-state index in [2.05, 4.69) is 33.4 Å². The van der Waals surface area contributed by atoms with Crippen molar-refractivity contribution in [3.05, 3.63) is 59.8 Å². The van der Waals surface area contributed by atoms with Gasteiger partial charge in [-0.1, -0.05) is 36.9 Å². The van der Waals surface area contributed by atoms with Crippen molar-refractivity contribution < 1.29 is 0 Å². The number of anilines is 1. The molecule has 2 rings (SSSR count). The molecule has 0 amide bonds.